The van der Waals surface area contributed by atoms with Crippen molar-refractivity contribution in [2.45, 2.75) is 65.5 Å². The van der Waals surface area contributed by atoms with Crippen LogP contribution in [0.1, 0.15) is 53.4 Å². The monoisotopic (exact) mass is 394 g/mol. The van der Waals surface area contributed by atoms with Gasteiger partial charge in [-0.05, 0) is 60.9 Å². The van der Waals surface area contributed by atoms with Crippen LogP contribution in [-0.4, -0.2) is 22.5 Å². The maximum Gasteiger partial charge on any atom is 0.276 e. The number of thiol groups is 1. The number of para-hydroxylation sites is 1. The van der Waals surface area contributed by atoms with Crippen molar-refractivity contribution >= 4 is 35.3 Å². The lowest BCUT2D eigenvalue weighted by atomic mass is 9.59. The molecular formula is C20H30N2O2S2. The molecule has 1 saturated carbocycles. The topological polar surface area (TPSA) is 50.4 Å². The predicted octanol–water partition coefficient (Wildman–Crippen LogP) is 4.94. The summed E-state index contributed by atoms with van der Waals surface area (Å²) >= 11 is 9.34. The summed E-state index contributed by atoms with van der Waals surface area (Å²) in [5.41, 5.74) is 0.117. The molecule has 0 aromatic heterocycles. The Morgan fingerprint density at radius 1 is 1.31 bits per heavy atom. The van der Waals surface area contributed by atoms with Gasteiger partial charge in [0.25, 0.3) is 10.4 Å². The third-order valence-electron chi connectivity index (χ3n) is 5.22. The Morgan fingerprint density at radius 3 is 2.54 bits per heavy atom. The fourth-order valence-corrected chi connectivity index (χ4v) is 5.04. The van der Waals surface area contributed by atoms with Crippen molar-refractivity contribution in [1.29, 1.82) is 0 Å². The SMILES string of the molecule is CCC(NC(=S)Oc1ccccc1)C1(C)CC(NC(=O)S)CC(C)(C)C1. The summed E-state index contributed by atoms with van der Waals surface area (Å²) in [5.74, 6) is 0.731. The number of rotatable bonds is 5. The molecule has 1 fully saturated rings. The number of hydrogen-bond donors (Lipinski definition) is 3. The van der Waals surface area contributed by atoms with Crippen LogP contribution in [0.4, 0.5) is 4.79 Å². The van der Waals surface area contributed by atoms with Crippen LogP contribution in [0.3, 0.4) is 0 Å². The third-order valence-corrected chi connectivity index (χ3v) is 5.55. The molecule has 26 heavy (non-hydrogen) atoms. The normalized spacial score (nSPS) is 25.8. The Hall–Kier alpha value is -1.27. The fraction of sp³-hybridized carbons (Fsp3) is 0.600. The summed E-state index contributed by atoms with van der Waals surface area (Å²) in [7, 11) is 0. The van der Waals surface area contributed by atoms with Crippen molar-refractivity contribution in [1.82, 2.24) is 10.6 Å². The van der Waals surface area contributed by atoms with E-state index in [1.807, 2.05) is 30.3 Å². The second-order valence-electron chi connectivity index (χ2n) is 8.36. The lowest BCUT2D eigenvalue weighted by Crippen LogP contribution is -2.55. The molecule has 2 N–H and O–H groups in total. The van der Waals surface area contributed by atoms with Gasteiger partial charge < -0.3 is 15.4 Å². The van der Waals surface area contributed by atoms with Gasteiger partial charge in [0.2, 0.25) is 0 Å². The van der Waals surface area contributed by atoms with Gasteiger partial charge in [-0.25, -0.2) is 0 Å². The highest BCUT2D eigenvalue weighted by molar-refractivity contribution is 7.96. The summed E-state index contributed by atoms with van der Waals surface area (Å²) in [6.07, 6.45) is 3.82. The maximum absolute atomic E-state index is 11.5. The number of ether oxygens (including phenoxy) is 1. The average Bonchev–Trinajstić information content (AvgIpc) is 2.50. The summed E-state index contributed by atoms with van der Waals surface area (Å²) in [4.78, 5) is 11.5. The fourth-order valence-electron chi connectivity index (χ4n) is 4.62. The van der Waals surface area contributed by atoms with Crippen LogP contribution in [0.2, 0.25) is 0 Å². The summed E-state index contributed by atoms with van der Waals surface area (Å²) in [6.45, 7) is 8.95. The van der Waals surface area contributed by atoms with Gasteiger partial charge in [-0.3, -0.25) is 4.79 Å². The number of carbonyl (C=O) groups is 1. The van der Waals surface area contributed by atoms with Gasteiger partial charge in [0.05, 0.1) is 0 Å². The van der Waals surface area contributed by atoms with E-state index in [0.29, 0.717) is 5.17 Å². The van der Waals surface area contributed by atoms with E-state index in [0.717, 1.165) is 31.4 Å². The van der Waals surface area contributed by atoms with Crippen LogP contribution >= 0.6 is 24.8 Å². The molecule has 2 rings (SSSR count). The lowest BCUT2D eigenvalue weighted by molar-refractivity contribution is 0.0458. The first kappa shape index (κ1) is 21.0. The largest absolute Gasteiger partial charge is 0.432 e. The molecule has 1 aliphatic rings. The number of hydrogen-bond acceptors (Lipinski definition) is 3. The van der Waals surface area contributed by atoms with E-state index in [9.17, 15) is 4.79 Å². The molecule has 1 amide bonds. The Balaban J connectivity index is 2.10. The quantitative estimate of drug-likeness (QED) is 0.489. The van der Waals surface area contributed by atoms with E-state index in [4.69, 9.17) is 17.0 Å². The molecule has 0 spiro atoms. The van der Waals surface area contributed by atoms with Gasteiger partial charge in [0, 0.05) is 12.1 Å². The molecule has 3 atom stereocenters. The zero-order chi connectivity index (χ0) is 19.4. The van der Waals surface area contributed by atoms with Crippen molar-refractivity contribution in [2.24, 2.45) is 10.8 Å². The maximum atomic E-state index is 11.5. The molecule has 1 aliphatic carbocycles. The van der Waals surface area contributed by atoms with Crippen molar-refractivity contribution in [3.63, 3.8) is 0 Å². The van der Waals surface area contributed by atoms with Crippen molar-refractivity contribution in [3.8, 4) is 5.75 Å². The zero-order valence-corrected chi connectivity index (χ0v) is 17.8. The molecule has 6 heteroatoms. The van der Waals surface area contributed by atoms with Gasteiger partial charge in [0.1, 0.15) is 5.75 Å². The minimum atomic E-state index is -0.265. The summed E-state index contributed by atoms with van der Waals surface area (Å²) in [5, 5.41) is 6.54. The van der Waals surface area contributed by atoms with Crippen LogP contribution in [-0.2, 0) is 0 Å². The summed E-state index contributed by atoms with van der Waals surface area (Å²) in [6, 6.07) is 9.85. The highest BCUT2D eigenvalue weighted by Gasteiger charge is 2.45. The molecule has 0 radical (unpaired) electrons. The zero-order valence-electron chi connectivity index (χ0n) is 16.0. The molecule has 0 aliphatic heterocycles. The Labute approximate surface area is 167 Å². The lowest BCUT2D eigenvalue weighted by Gasteiger charge is -2.50. The minimum absolute atomic E-state index is 0.0124. The van der Waals surface area contributed by atoms with Crippen LogP contribution in [0.15, 0.2) is 30.3 Å². The molecule has 4 nitrogen and oxygen atoms in total. The standard InChI is InChI=1S/C20H30N2O2S2/c1-5-16(22-18(26)24-15-9-7-6-8-10-15)20(4)12-14(21-17(23)25)11-19(2,3)13-20/h6-10,14,16H,5,11-13H2,1-4H3,(H,22,26)(H2,21,23,25). The highest BCUT2D eigenvalue weighted by Crippen LogP contribution is 2.48. The molecule has 0 saturated heterocycles. The molecule has 3 unspecified atom stereocenters. The Bertz CT molecular complexity index is 636. The average molecular weight is 395 g/mol. The number of nitrogens with one attached hydrogen (secondary N) is 2. The van der Waals surface area contributed by atoms with E-state index in [2.05, 4.69) is 51.0 Å². The van der Waals surface area contributed by atoms with Crippen LogP contribution in [0, 0.1) is 10.8 Å². The molecule has 1 aromatic rings. The minimum Gasteiger partial charge on any atom is -0.432 e. The first-order valence-corrected chi connectivity index (χ1v) is 10.0. The van der Waals surface area contributed by atoms with Gasteiger partial charge >= 0.3 is 0 Å². The van der Waals surface area contributed by atoms with E-state index in [-0.39, 0.29) is 28.2 Å². The number of amides is 1. The first-order valence-electron chi connectivity index (χ1n) is 9.16. The second kappa shape index (κ2) is 8.61. The molecule has 0 heterocycles. The van der Waals surface area contributed by atoms with Gasteiger partial charge in [0.15, 0.2) is 0 Å². The number of benzene rings is 1. The van der Waals surface area contributed by atoms with Crippen LogP contribution in [0.25, 0.3) is 0 Å². The second-order valence-corrected chi connectivity index (χ2v) is 9.13. The van der Waals surface area contributed by atoms with Gasteiger partial charge in [-0.15, -0.1) is 0 Å². The van der Waals surface area contributed by atoms with Crippen LogP contribution < -0.4 is 15.4 Å². The highest BCUT2D eigenvalue weighted by atomic mass is 32.1. The summed E-state index contributed by atoms with van der Waals surface area (Å²) < 4.78 is 5.76. The van der Waals surface area contributed by atoms with E-state index < -0.39 is 0 Å². The van der Waals surface area contributed by atoms with Crippen molar-refractivity contribution < 1.29 is 9.53 Å². The van der Waals surface area contributed by atoms with Crippen LogP contribution in [0.5, 0.6) is 5.75 Å². The van der Waals surface area contributed by atoms with Gasteiger partial charge in [-0.1, -0.05) is 58.5 Å². The van der Waals surface area contributed by atoms with Crippen molar-refractivity contribution in [3.05, 3.63) is 30.3 Å². The first-order chi connectivity index (χ1) is 12.1. The van der Waals surface area contributed by atoms with E-state index >= 15 is 0 Å². The number of carbonyl (C=O) groups excluding carboxylic acids is 1. The molecule has 0 bridgehead atoms. The van der Waals surface area contributed by atoms with E-state index in [1.165, 1.54) is 0 Å². The smallest absolute Gasteiger partial charge is 0.276 e. The molecular weight excluding hydrogens is 364 g/mol. The van der Waals surface area contributed by atoms with Crippen molar-refractivity contribution in [2.75, 3.05) is 0 Å². The van der Waals surface area contributed by atoms with Gasteiger partial charge in [-0.2, -0.15) is 0 Å². The molecule has 1 aromatic carbocycles. The van der Waals surface area contributed by atoms with E-state index in [1.54, 1.807) is 0 Å². The third kappa shape index (κ3) is 5.88. The molecule has 144 valence electrons. The predicted molar refractivity (Wildman–Crippen MR) is 114 cm³/mol. The Morgan fingerprint density at radius 2 is 1.96 bits per heavy atom. The Kier molecular flexibility index (Phi) is 6.97. The number of thiocarbonyl (C=S) groups is 1.